The van der Waals surface area contributed by atoms with E-state index in [2.05, 4.69) is 5.32 Å². The minimum Gasteiger partial charge on any atom is -0.481 e. The maximum Gasteiger partial charge on any atom is 0.305 e. The SMILES string of the molecule is O=C(O)C[C@H]1C(=O)N[C@@H]2CN1CCCCC2=O. The molecule has 2 N–H and O–H groups in total. The third kappa shape index (κ3) is 2.63. The standard InChI is InChI=1S/C11H16N2O4/c14-9-3-1-2-4-13-6-7(9)12-11(17)8(13)5-10(15)16/h7-8H,1-6H2,(H,12,17)(H,15,16)/t7-,8+/m1/s1. The van der Waals surface area contributed by atoms with Crippen LogP contribution >= 0.6 is 0 Å². The summed E-state index contributed by atoms with van der Waals surface area (Å²) >= 11 is 0. The van der Waals surface area contributed by atoms with Crippen LogP contribution in [0.1, 0.15) is 25.7 Å². The Balaban J connectivity index is 2.13. The van der Waals surface area contributed by atoms with E-state index < -0.39 is 18.1 Å². The molecule has 0 aromatic heterocycles. The first-order valence-electron chi connectivity index (χ1n) is 5.87. The molecule has 0 radical (unpaired) electrons. The van der Waals surface area contributed by atoms with Gasteiger partial charge in [-0.2, -0.15) is 0 Å². The summed E-state index contributed by atoms with van der Waals surface area (Å²) in [6, 6.07) is -1.08. The van der Waals surface area contributed by atoms with Gasteiger partial charge in [0.2, 0.25) is 5.91 Å². The van der Waals surface area contributed by atoms with Crippen molar-refractivity contribution in [1.29, 1.82) is 0 Å². The van der Waals surface area contributed by atoms with Crippen LogP contribution in [-0.4, -0.2) is 52.8 Å². The molecular weight excluding hydrogens is 224 g/mol. The second kappa shape index (κ2) is 4.83. The largest absolute Gasteiger partial charge is 0.481 e. The predicted octanol–water partition coefficient (Wildman–Crippen LogP) is -0.617. The molecule has 0 spiro atoms. The van der Waals surface area contributed by atoms with Crippen LogP contribution in [0.4, 0.5) is 0 Å². The molecule has 2 rings (SSSR count). The van der Waals surface area contributed by atoms with Crippen molar-refractivity contribution in [2.24, 2.45) is 0 Å². The van der Waals surface area contributed by atoms with Crippen LogP contribution in [0, 0.1) is 0 Å². The molecule has 94 valence electrons. The number of carbonyl (C=O) groups is 3. The molecule has 0 aromatic carbocycles. The van der Waals surface area contributed by atoms with Gasteiger partial charge in [-0.05, 0) is 19.4 Å². The van der Waals surface area contributed by atoms with Gasteiger partial charge in [0.1, 0.15) is 6.04 Å². The molecule has 17 heavy (non-hydrogen) atoms. The number of fused-ring (bicyclic) bond motifs is 2. The number of nitrogens with one attached hydrogen (secondary N) is 1. The molecule has 0 aromatic rings. The average Bonchev–Trinajstić information content (AvgIpc) is 2.25. The molecule has 1 unspecified atom stereocenters. The van der Waals surface area contributed by atoms with Gasteiger partial charge in [-0.25, -0.2) is 0 Å². The summed E-state index contributed by atoms with van der Waals surface area (Å²) in [4.78, 5) is 36.0. The molecule has 2 aliphatic rings. The summed E-state index contributed by atoms with van der Waals surface area (Å²) in [7, 11) is 0. The lowest BCUT2D eigenvalue weighted by Crippen LogP contribution is -2.63. The second-order valence-electron chi connectivity index (χ2n) is 4.59. The number of hydrogen-bond donors (Lipinski definition) is 2. The lowest BCUT2D eigenvalue weighted by atomic mass is 9.96. The number of piperazine rings is 1. The van der Waals surface area contributed by atoms with Crippen LogP contribution in [0.3, 0.4) is 0 Å². The number of rotatable bonds is 2. The van der Waals surface area contributed by atoms with E-state index in [1.54, 1.807) is 0 Å². The summed E-state index contributed by atoms with van der Waals surface area (Å²) in [5.41, 5.74) is 0. The van der Waals surface area contributed by atoms with Crippen LogP contribution in [0.2, 0.25) is 0 Å². The van der Waals surface area contributed by atoms with E-state index in [9.17, 15) is 14.4 Å². The lowest BCUT2D eigenvalue weighted by molar-refractivity contribution is -0.145. The molecule has 6 nitrogen and oxygen atoms in total. The van der Waals surface area contributed by atoms with Gasteiger partial charge in [0, 0.05) is 13.0 Å². The van der Waals surface area contributed by atoms with Crippen molar-refractivity contribution in [2.75, 3.05) is 13.1 Å². The molecule has 6 heteroatoms. The zero-order valence-electron chi connectivity index (χ0n) is 9.52. The first kappa shape index (κ1) is 12.0. The Kier molecular flexibility index (Phi) is 3.42. The van der Waals surface area contributed by atoms with Crippen LogP contribution in [0.15, 0.2) is 0 Å². The Bertz CT molecular complexity index is 355. The number of ketones is 1. The summed E-state index contributed by atoms with van der Waals surface area (Å²) in [6.45, 7) is 1.14. The number of nitrogens with zero attached hydrogens (tertiary/aromatic N) is 1. The molecule has 1 amide bonds. The maximum absolute atomic E-state index is 11.8. The fourth-order valence-corrected chi connectivity index (χ4v) is 2.45. The normalized spacial score (nSPS) is 33.5. The average molecular weight is 240 g/mol. The van der Waals surface area contributed by atoms with Crippen molar-refractivity contribution in [1.82, 2.24) is 10.2 Å². The van der Waals surface area contributed by atoms with Crippen molar-refractivity contribution in [3.8, 4) is 0 Å². The first-order chi connectivity index (χ1) is 8.08. The Morgan fingerprint density at radius 2 is 2.18 bits per heavy atom. The number of hydrogen-bond acceptors (Lipinski definition) is 4. The minimum atomic E-state index is -0.989. The molecule has 2 bridgehead atoms. The van der Waals surface area contributed by atoms with Crippen LogP contribution in [-0.2, 0) is 14.4 Å². The summed E-state index contributed by atoms with van der Waals surface area (Å²) in [6.07, 6.45) is 1.94. The highest BCUT2D eigenvalue weighted by Crippen LogP contribution is 2.17. The van der Waals surface area contributed by atoms with Gasteiger partial charge >= 0.3 is 5.97 Å². The molecule has 3 atom stereocenters. The fraction of sp³-hybridized carbons (Fsp3) is 0.727. The number of carboxylic acid groups (broad SMARTS) is 1. The van der Waals surface area contributed by atoms with Gasteiger partial charge in [-0.15, -0.1) is 0 Å². The van der Waals surface area contributed by atoms with E-state index in [-0.39, 0.29) is 18.1 Å². The summed E-state index contributed by atoms with van der Waals surface area (Å²) < 4.78 is 0. The number of carboxylic acids is 1. The van der Waals surface area contributed by atoms with Gasteiger partial charge in [0.25, 0.3) is 0 Å². The van der Waals surface area contributed by atoms with Gasteiger partial charge in [0.15, 0.2) is 5.78 Å². The van der Waals surface area contributed by atoms with Crippen LogP contribution in [0.25, 0.3) is 0 Å². The third-order valence-electron chi connectivity index (χ3n) is 3.35. The highest BCUT2D eigenvalue weighted by Gasteiger charge is 2.38. The lowest BCUT2D eigenvalue weighted by Gasteiger charge is -2.39. The van der Waals surface area contributed by atoms with E-state index in [1.165, 1.54) is 0 Å². The number of carbonyl (C=O) groups excluding carboxylic acids is 2. The van der Waals surface area contributed by atoms with Crippen molar-refractivity contribution in [2.45, 2.75) is 37.8 Å². The van der Waals surface area contributed by atoms with E-state index >= 15 is 0 Å². The van der Waals surface area contributed by atoms with Crippen molar-refractivity contribution in [3.05, 3.63) is 0 Å². The topological polar surface area (TPSA) is 86.7 Å². The van der Waals surface area contributed by atoms with E-state index in [1.807, 2.05) is 4.90 Å². The second-order valence-corrected chi connectivity index (χ2v) is 4.59. The van der Waals surface area contributed by atoms with Gasteiger partial charge in [-0.3, -0.25) is 19.3 Å². The Hall–Kier alpha value is -1.43. The Morgan fingerprint density at radius 1 is 1.41 bits per heavy atom. The minimum absolute atomic E-state index is 0.0526. The third-order valence-corrected chi connectivity index (χ3v) is 3.35. The summed E-state index contributed by atoms with van der Waals surface area (Å²) in [5.74, 6) is -1.27. The molecule has 2 saturated heterocycles. The predicted molar refractivity (Wildman–Crippen MR) is 58.4 cm³/mol. The molecule has 2 fully saturated rings. The summed E-state index contributed by atoms with van der Waals surface area (Å²) in [5, 5.41) is 11.4. The smallest absolute Gasteiger partial charge is 0.305 e. The monoisotopic (exact) mass is 240 g/mol. The fourth-order valence-electron chi connectivity index (χ4n) is 2.45. The number of amides is 1. The van der Waals surface area contributed by atoms with Crippen molar-refractivity contribution >= 4 is 17.7 Å². The molecular formula is C11H16N2O4. The molecule has 2 heterocycles. The van der Waals surface area contributed by atoms with Crippen LogP contribution in [0.5, 0.6) is 0 Å². The number of aliphatic carboxylic acids is 1. The zero-order chi connectivity index (χ0) is 12.4. The van der Waals surface area contributed by atoms with Gasteiger partial charge in [0.05, 0.1) is 12.5 Å². The highest BCUT2D eigenvalue weighted by atomic mass is 16.4. The first-order valence-corrected chi connectivity index (χ1v) is 5.87. The van der Waals surface area contributed by atoms with Crippen LogP contribution < -0.4 is 5.32 Å². The zero-order valence-corrected chi connectivity index (χ0v) is 9.52. The highest BCUT2D eigenvalue weighted by molar-refractivity contribution is 5.93. The Morgan fingerprint density at radius 3 is 2.88 bits per heavy atom. The van der Waals surface area contributed by atoms with Gasteiger partial charge < -0.3 is 10.4 Å². The quantitative estimate of drug-likeness (QED) is 0.672. The van der Waals surface area contributed by atoms with Crippen molar-refractivity contribution < 1.29 is 19.5 Å². The maximum atomic E-state index is 11.8. The van der Waals surface area contributed by atoms with E-state index in [0.29, 0.717) is 19.5 Å². The Labute approximate surface area is 99.0 Å². The van der Waals surface area contributed by atoms with Gasteiger partial charge in [-0.1, -0.05) is 0 Å². The van der Waals surface area contributed by atoms with E-state index in [4.69, 9.17) is 5.11 Å². The molecule has 2 aliphatic heterocycles. The molecule has 0 aliphatic carbocycles. The number of Topliss-reactive ketones (excluding diaryl/α,β-unsaturated/α-hetero) is 1. The van der Waals surface area contributed by atoms with E-state index in [0.717, 1.165) is 12.8 Å². The van der Waals surface area contributed by atoms with Crippen molar-refractivity contribution in [3.63, 3.8) is 0 Å². The molecule has 0 saturated carbocycles.